The van der Waals surface area contributed by atoms with E-state index in [2.05, 4.69) is 20.6 Å². The van der Waals surface area contributed by atoms with Gasteiger partial charge in [0.2, 0.25) is 0 Å². The van der Waals surface area contributed by atoms with Gasteiger partial charge in [0, 0.05) is 23.6 Å². The Hall–Kier alpha value is -3.45. The van der Waals surface area contributed by atoms with E-state index < -0.39 is 0 Å². The van der Waals surface area contributed by atoms with Crippen LogP contribution in [0.4, 0.5) is 0 Å². The van der Waals surface area contributed by atoms with Crippen molar-refractivity contribution in [2.75, 3.05) is 0 Å². The number of nitrogens with zero attached hydrogens (tertiary/aromatic N) is 5. The molecule has 0 aliphatic heterocycles. The Bertz CT molecular complexity index is 1080. The second kappa shape index (κ2) is 8.06. The van der Waals surface area contributed by atoms with Crippen molar-refractivity contribution in [2.45, 2.75) is 13.1 Å². The zero-order valence-corrected chi connectivity index (χ0v) is 15.6. The van der Waals surface area contributed by atoms with Gasteiger partial charge in [-0.25, -0.2) is 4.68 Å². The first-order valence-electron chi connectivity index (χ1n) is 8.71. The molecule has 0 saturated carbocycles. The summed E-state index contributed by atoms with van der Waals surface area (Å²) in [6, 6.07) is 16.8. The maximum Gasteiger partial charge on any atom is 0.276 e. The first-order chi connectivity index (χ1) is 13.7. The number of hydrogen-bond donors (Lipinski definition) is 1. The molecule has 0 unspecified atom stereocenters. The lowest BCUT2D eigenvalue weighted by molar-refractivity contribution is 0.0945. The Labute approximate surface area is 166 Å². The van der Waals surface area contributed by atoms with Crippen LogP contribution in [-0.2, 0) is 13.1 Å². The van der Waals surface area contributed by atoms with Crippen LogP contribution < -0.4 is 5.32 Å². The van der Waals surface area contributed by atoms with Gasteiger partial charge in [-0.05, 0) is 35.9 Å². The molecule has 0 radical (unpaired) electrons. The number of halogens is 1. The molecule has 3 heterocycles. The minimum atomic E-state index is -0.320. The Morgan fingerprint density at radius 2 is 1.82 bits per heavy atom. The third kappa shape index (κ3) is 3.79. The number of aromatic nitrogens is 5. The van der Waals surface area contributed by atoms with Gasteiger partial charge in [-0.1, -0.05) is 41.1 Å². The number of nitrogens with one attached hydrogen (secondary N) is 1. The zero-order valence-electron chi connectivity index (χ0n) is 14.9. The third-order valence-electron chi connectivity index (χ3n) is 4.21. The fourth-order valence-electron chi connectivity index (χ4n) is 2.84. The number of carbonyl (C=O) groups excluding carboxylic acids is 1. The van der Waals surface area contributed by atoms with Crippen LogP contribution in [0.5, 0.6) is 0 Å². The van der Waals surface area contributed by atoms with Crippen molar-refractivity contribution < 1.29 is 4.79 Å². The van der Waals surface area contributed by atoms with E-state index in [0.29, 0.717) is 23.9 Å². The van der Waals surface area contributed by atoms with Gasteiger partial charge in [0.1, 0.15) is 0 Å². The molecular weight excluding hydrogens is 376 g/mol. The van der Waals surface area contributed by atoms with E-state index in [4.69, 9.17) is 11.6 Å². The molecular formula is C20H17ClN6O. The summed E-state index contributed by atoms with van der Waals surface area (Å²) in [5.74, 6) is 0.253. The fourth-order valence-corrected chi connectivity index (χ4v) is 3.03. The quantitative estimate of drug-likeness (QED) is 0.547. The van der Waals surface area contributed by atoms with Gasteiger partial charge in [0.15, 0.2) is 11.5 Å². The van der Waals surface area contributed by atoms with E-state index in [1.54, 1.807) is 10.9 Å². The van der Waals surface area contributed by atoms with E-state index in [1.807, 2.05) is 71.6 Å². The molecule has 0 aliphatic rings. The maximum atomic E-state index is 12.8. The van der Waals surface area contributed by atoms with Crippen molar-refractivity contribution in [3.8, 4) is 5.82 Å². The molecule has 1 aromatic carbocycles. The van der Waals surface area contributed by atoms with Gasteiger partial charge in [-0.3, -0.25) is 9.78 Å². The minimum Gasteiger partial charge on any atom is -0.345 e. The van der Waals surface area contributed by atoms with Crippen molar-refractivity contribution >= 4 is 17.5 Å². The molecule has 0 atom stereocenters. The highest BCUT2D eigenvalue weighted by Crippen LogP contribution is 2.19. The summed E-state index contributed by atoms with van der Waals surface area (Å²) in [6.45, 7) is 0.704. The van der Waals surface area contributed by atoms with E-state index in [1.165, 1.54) is 0 Å². The maximum absolute atomic E-state index is 12.8. The van der Waals surface area contributed by atoms with Crippen molar-refractivity contribution in [3.05, 3.63) is 95.2 Å². The van der Waals surface area contributed by atoms with E-state index in [-0.39, 0.29) is 11.6 Å². The van der Waals surface area contributed by atoms with Gasteiger partial charge >= 0.3 is 0 Å². The summed E-state index contributed by atoms with van der Waals surface area (Å²) in [7, 11) is 0. The van der Waals surface area contributed by atoms with Crippen LogP contribution in [0.1, 0.15) is 21.7 Å². The molecule has 0 spiro atoms. The largest absolute Gasteiger partial charge is 0.345 e. The summed E-state index contributed by atoms with van der Waals surface area (Å²) in [6.07, 6.45) is 5.38. The van der Waals surface area contributed by atoms with Crippen LogP contribution in [0.2, 0.25) is 5.02 Å². The molecule has 4 rings (SSSR count). The Kier molecular flexibility index (Phi) is 5.16. The number of carbonyl (C=O) groups is 1. The smallest absolute Gasteiger partial charge is 0.276 e. The van der Waals surface area contributed by atoms with E-state index >= 15 is 0 Å². The lowest BCUT2D eigenvalue weighted by Crippen LogP contribution is -2.25. The molecule has 4 aromatic rings. The van der Waals surface area contributed by atoms with Crippen LogP contribution >= 0.6 is 11.6 Å². The Balaban J connectivity index is 1.63. The fraction of sp³-hybridized carbons (Fsp3) is 0.100. The number of pyridine rings is 1. The second-order valence-corrected chi connectivity index (χ2v) is 6.51. The SMILES string of the molecule is O=C(NCc1ccccn1)c1nnn(Cc2ccccc2Cl)c1-n1cccc1. The highest BCUT2D eigenvalue weighted by Gasteiger charge is 2.21. The highest BCUT2D eigenvalue weighted by atomic mass is 35.5. The molecule has 140 valence electrons. The molecule has 0 bridgehead atoms. The van der Waals surface area contributed by atoms with Gasteiger partial charge in [0.25, 0.3) is 5.91 Å². The topological polar surface area (TPSA) is 77.6 Å². The second-order valence-electron chi connectivity index (χ2n) is 6.10. The first-order valence-corrected chi connectivity index (χ1v) is 9.08. The standard InChI is InChI=1S/C20H17ClN6O/c21-17-9-2-1-7-15(17)14-27-20(26-11-5-6-12-26)18(24-25-27)19(28)23-13-16-8-3-4-10-22-16/h1-12H,13-14H2,(H,23,28). The molecule has 1 N–H and O–H groups in total. The predicted octanol–water partition coefficient (Wildman–Crippen LogP) is 3.10. The number of hydrogen-bond acceptors (Lipinski definition) is 4. The number of amides is 1. The Morgan fingerprint density at radius 3 is 2.57 bits per heavy atom. The normalized spacial score (nSPS) is 10.8. The molecule has 3 aromatic heterocycles. The van der Waals surface area contributed by atoms with Gasteiger partial charge < -0.3 is 9.88 Å². The van der Waals surface area contributed by atoms with Gasteiger partial charge in [0.05, 0.1) is 18.8 Å². The molecule has 28 heavy (non-hydrogen) atoms. The molecule has 1 amide bonds. The van der Waals surface area contributed by atoms with Crippen LogP contribution in [0, 0.1) is 0 Å². The highest BCUT2D eigenvalue weighted by molar-refractivity contribution is 6.31. The third-order valence-corrected chi connectivity index (χ3v) is 4.58. The predicted molar refractivity (Wildman–Crippen MR) is 105 cm³/mol. The van der Waals surface area contributed by atoms with Crippen molar-refractivity contribution in [1.82, 2.24) is 29.9 Å². The van der Waals surface area contributed by atoms with Crippen molar-refractivity contribution in [3.63, 3.8) is 0 Å². The average molecular weight is 393 g/mol. The van der Waals surface area contributed by atoms with E-state index in [9.17, 15) is 4.79 Å². The molecule has 7 nitrogen and oxygen atoms in total. The lowest BCUT2D eigenvalue weighted by Gasteiger charge is -2.10. The number of rotatable bonds is 6. The van der Waals surface area contributed by atoms with Gasteiger partial charge in [-0.2, -0.15) is 0 Å². The Morgan fingerprint density at radius 1 is 1.04 bits per heavy atom. The van der Waals surface area contributed by atoms with Crippen LogP contribution in [0.25, 0.3) is 5.82 Å². The summed E-state index contributed by atoms with van der Waals surface area (Å²) >= 11 is 6.28. The first kappa shape index (κ1) is 17.9. The summed E-state index contributed by atoms with van der Waals surface area (Å²) < 4.78 is 3.48. The summed E-state index contributed by atoms with van der Waals surface area (Å²) in [4.78, 5) is 17.0. The molecule has 0 fully saturated rings. The minimum absolute atomic E-state index is 0.235. The summed E-state index contributed by atoms with van der Waals surface area (Å²) in [5.41, 5.74) is 1.89. The molecule has 0 saturated heterocycles. The molecule has 8 heteroatoms. The summed E-state index contributed by atoms with van der Waals surface area (Å²) in [5, 5.41) is 11.8. The zero-order chi connectivity index (χ0) is 19.3. The van der Waals surface area contributed by atoms with Crippen molar-refractivity contribution in [1.29, 1.82) is 0 Å². The van der Waals surface area contributed by atoms with Crippen LogP contribution in [-0.4, -0.2) is 30.5 Å². The van der Waals surface area contributed by atoms with Gasteiger partial charge in [-0.15, -0.1) is 5.10 Å². The van der Waals surface area contributed by atoms with E-state index in [0.717, 1.165) is 11.3 Å². The van der Waals surface area contributed by atoms with Crippen molar-refractivity contribution in [2.24, 2.45) is 0 Å². The van der Waals surface area contributed by atoms with Crippen LogP contribution in [0.15, 0.2) is 73.2 Å². The monoisotopic (exact) mass is 392 g/mol. The average Bonchev–Trinajstić information content (AvgIpc) is 3.38. The lowest BCUT2D eigenvalue weighted by atomic mass is 10.2. The van der Waals surface area contributed by atoms with Crippen LogP contribution in [0.3, 0.4) is 0 Å². The number of benzene rings is 1. The molecule has 0 aliphatic carbocycles.